The first-order valence-electron chi connectivity index (χ1n) is 8.33. The minimum atomic E-state index is -0.159. The van der Waals surface area contributed by atoms with Crippen molar-refractivity contribution in [2.45, 2.75) is 0 Å². The van der Waals surface area contributed by atoms with E-state index in [2.05, 4.69) is 22.2 Å². The van der Waals surface area contributed by atoms with Gasteiger partial charge in [0.1, 0.15) is 0 Å². The van der Waals surface area contributed by atoms with Crippen molar-refractivity contribution in [1.29, 1.82) is 0 Å². The third kappa shape index (κ3) is 3.48. The van der Waals surface area contributed by atoms with Crippen LogP contribution in [0.2, 0.25) is 0 Å². The van der Waals surface area contributed by atoms with Gasteiger partial charge >= 0.3 is 0 Å². The maximum absolute atomic E-state index is 12.7. The Morgan fingerprint density at radius 2 is 1.96 bits per heavy atom. The first kappa shape index (κ1) is 17.1. The summed E-state index contributed by atoms with van der Waals surface area (Å²) in [6, 6.07) is 9.15. The molecule has 2 amide bonds. The van der Waals surface area contributed by atoms with E-state index in [1.807, 2.05) is 34.5 Å². The molecule has 6 nitrogen and oxygen atoms in total. The summed E-state index contributed by atoms with van der Waals surface area (Å²) in [6.45, 7) is 3.29. The van der Waals surface area contributed by atoms with Gasteiger partial charge in [-0.15, -0.1) is 11.3 Å². The molecule has 0 spiro atoms. The summed E-state index contributed by atoms with van der Waals surface area (Å²) in [7, 11) is 2.07. The molecular formula is C18H18N4O2S2. The number of fused-ring (bicyclic) bond motifs is 1. The van der Waals surface area contributed by atoms with Crippen molar-refractivity contribution in [3.8, 4) is 0 Å². The second-order valence-corrected chi connectivity index (χ2v) is 8.21. The fourth-order valence-corrected chi connectivity index (χ4v) is 4.39. The van der Waals surface area contributed by atoms with Gasteiger partial charge in [0.05, 0.1) is 15.1 Å². The number of hydrogen-bond donors (Lipinski definition) is 1. The lowest BCUT2D eigenvalue weighted by atomic mass is 10.1. The maximum Gasteiger partial charge on any atom is 0.267 e. The number of nitrogens with one attached hydrogen (secondary N) is 1. The molecule has 0 aliphatic carbocycles. The van der Waals surface area contributed by atoms with Crippen LogP contribution in [0.5, 0.6) is 0 Å². The minimum Gasteiger partial charge on any atom is -0.336 e. The number of benzene rings is 1. The first-order valence-corrected chi connectivity index (χ1v) is 10.0. The predicted molar refractivity (Wildman–Crippen MR) is 105 cm³/mol. The molecule has 134 valence electrons. The molecule has 0 bridgehead atoms. The molecule has 3 heterocycles. The zero-order valence-corrected chi connectivity index (χ0v) is 15.9. The van der Waals surface area contributed by atoms with Crippen LogP contribution in [0.15, 0.2) is 35.7 Å². The van der Waals surface area contributed by atoms with E-state index in [1.165, 1.54) is 22.7 Å². The molecule has 1 saturated heterocycles. The molecule has 2 aromatic heterocycles. The fourth-order valence-electron chi connectivity index (χ4n) is 2.87. The van der Waals surface area contributed by atoms with Crippen LogP contribution in [0.1, 0.15) is 20.0 Å². The van der Waals surface area contributed by atoms with Crippen molar-refractivity contribution >= 4 is 49.8 Å². The molecule has 3 aromatic rings. The number of piperazine rings is 1. The molecule has 0 atom stereocenters. The summed E-state index contributed by atoms with van der Waals surface area (Å²) < 4.78 is 0.895. The number of aromatic nitrogens is 1. The highest BCUT2D eigenvalue weighted by Gasteiger charge is 2.21. The van der Waals surface area contributed by atoms with E-state index in [-0.39, 0.29) is 11.8 Å². The molecule has 0 radical (unpaired) electrons. The number of carbonyl (C=O) groups is 2. The van der Waals surface area contributed by atoms with Crippen molar-refractivity contribution in [3.05, 3.63) is 46.2 Å². The van der Waals surface area contributed by atoms with E-state index in [0.717, 1.165) is 36.4 Å². The molecule has 1 aliphatic heterocycles. The molecule has 26 heavy (non-hydrogen) atoms. The van der Waals surface area contributed by atoms with E-state index < -0.39 is 0 Å². The highest BCUT2D eigenvalue weighted by atomic mass is 32.1. The second kappa shape index (κ2) is 7.14. The van der Waals surface area contributed by atoms with Crippen LogP contribution in [-0.2, 0) is 0 Å². The Morgan fingerprint density at radius 1 is 1.15 bits per heavy atom. The topological polar surface area (TPSA) is 65.5 Å². The van der Waals surface area contributed by atoms with Crippen LogP contribution < -0.4 is 5.32 Å². The van der Waals surface area contributed by atoms with Gasteiger partial charge in [0.2, 0.25) is 0 Å². The average Bonchev–Trinajstić information content (AvgIpc) is 3.30. The standard InChI is InChI=1S/C18H18N4O2S2/c1-21-6-8-22(9-7-21)17(24)12-4-5-13-15(11-12)26-18(19-13)20-16(23)14-3-2-10-25-14/h2-5,10-11H,6-9H2,1H3,(H,19,20,23). The molecule has 1 fully saturated rings. The molecule has 1 aromatic carbocycles. The van der Waals surface area contributed by atoms with Gasteiger partial charge in [0, 0.05) is 31.7 Å². The number of thiazole rings is 1. The van der Waals surface area contributed by atoms with Crippen LogP contribution in [0.4, 0.5) is 5.13 Å². The SMILES string of the molecule is CN1CCN(C(=O)c2ccc3nc(NC(=O)c4cccs4)sc3c2)CC1. The van der Waals surface area contributed by atoms with E-state index in [4.69, 9.17) is 0 Å². The van der Waals surface area contributed by atoms with Crippen LogP contribution in [0.3, 0.4) is 0 Å². The summed E-state index contributed by atoms with van der Waals surface area (Å²) in [5.41, 5.74) is 1.45. The van der Waals surface area contributed by atoms with Gasteiger partial charge < -0.3 is 9.80 Å². The van der Waals surface area contributed by atoms with Gasteiger partial charge in [-0.3, -0.25) is 14.9 Å². The van der Waals surface area contributed by atoms with Gasteiger partial charge in [-0.05, 0) is 36.7 Å². The summed E-state index contributed by atoms with van der Waals surface area (Å²) in [5, 5.41) is 5.24. The number of nitrogens with zero attached hydrogens (tertiary/aromatic N) is 3. The molecule has 1 aliphatic rings. The molecule has 0 unspecified atom stereocenters. The molecule has 4 rings (SSSR count). The van der Waals surface area contributed by atoms with Crippen molar-refractivity contribution < 1.29 is 9.59 Å². The number of amides is 2. The fraction of sp³-hybridized carbons (Fsp3) is 0.278. The van der Waals surface area contributed by atoms with Gasteiger partial charge in [0.15, 0.2) is 5.13 Å². The summed E-state index contributed by atoms with van der Waals surface area (Å²) >= 11 is 2.77. The molecule has 1 N–H and O–H groups in total. The van der Waals surface area contributed by atoms with Crippen LogP contribution in [0, 0.1) is 0 Å². The van der Waals surface area contributed by atoms with Gasteiger partial charge in [-0.25, -0.2) is 4.98 Å². The Morgan fingerprint density at radius 3 is 2.69 bits per heavy atom. The van der Waals surface area contributed by atoms with Crippen LogP contribution in [-0.4, -0.2) is 59.8 Å². The maximum atomic E-state index is 12.7. The number of rotatable bonds is 3. The number of thiophene rings is 1. The summed E-state index contributed by atoms with van der Waals surface area (Å²) in [4.78, 5) is 34.1. The van der Waals surface area contributed by atoms with E-state index in [0.29, 0.717) is 15.6 Å². The smallest absolute Gasteiger partial charge is 0.267 e. The van der Waals surface area contributed by atoms with E-state index in [1.54, 1.807) is 6.07 Å². The number of anilines is 1. The average molecular weight is 387 g/mol. The zero-order valence-electron chi connectivity index (χ0n) is 14.3. The minimum absolute atomic E-state index is 0.0533. The summed E-state index contributed by atoms with van der Waals surface area (Å²) in [6.07, 6.45) is 0. The lowest BCUT2D eigenvalue weighted by Crippen LogP contribution is -2.47. The van der Waals surface area contributed by atoms with Crippen molar-refractivity contribution in [2.75, 3.05) is 38.5 Å². The van der Waals surface area contributed by atoms with Gasteiger partial charge in [-0.1, -0.05) is 17.4 Å². The van der Waals surface area contributed by atoms with Crippen molar-refractivity contribution in [3.63, 3.8) is 0 Å². The van der Waals surface area contributed by atoms with Crippen LogP contribution >= 0.6 is 22.7 Å². The Kier molecular flexibility index (Phi) is 4.71. The number of carbonyl (C=O) groups excluding carboxylic acids is 2. The Bertz CT molecular complexity index is 943. The van der Waals surface area contributed by atoms with E-state index >= 15 is 0 Å². The van der Waals surface area contributed by atoms with E-state index in [9.17, 15) is 9.59 Å². The molecule has 8 heteroatoms. The quantitative estimate of drug-likeness (QED) is 0.752. The molecule has 0 saturated carbocycles. The lowest BCUT2D eigenvalue weighted by Gasteiger charge is -2.32. The van der Waals surface area contributed by atoms with Crippen molar-refractivity contribution in [2.24, 2.45) is 0 Å². The molecular weight excluding hydrogens is 368 g/mol. The Balaban J connectivity index is 1.52. The normalized spacial score (nSPS) is 15.3. The zero-order chi connectivity index (χ0) is 18.1. The highest BCUT2D eigenvalue weighted by molar-refractivity contribution is 7.22. The second-order valence-electron chi connectivity index (χ2n) is 6.23. The predicted octanol–water partition coefficient (Wildman–Crippen LogP) is 3.00. The Labute approximate surface area is 159 Å². The monoisotopic (exact) mass is 386 g/mol. The Hall–Kier alpha value is -2.29. The first-order chi connectivity index (χ1) is 12.6. The van der Waals surface area contributed by atoms with Crippen molar-refractivity contribution in [1.82, 2.24) is 14.8 Å². The largest absolute Gasteiger partial charge is 0.336 e. The van der Waals surface area contributed by atoms with Gasteiger partial charge in [0.25, 0.3) is 11.8 Å². The number of likely N-dealkylation sites (N-methyl/N-ethyl adjacent to an activating group) is 1. The number of hydrogen-bond acceptors (Lipinski definition) is 6. The van der Waals surface area contributed by atoms with Gasteiger partial charge in [-0.2, -0.15) is 0 Å². The lowest BCUT2D eigenvalue weighted by molar-refractivity contribution is 0.0664. The third-order valence-electron chi connectivity index (χ3n) is 4.39. The summed E-state index contributed by atoms with van der Waals surface area (Å²) in [5.74, 6) is -0.106. The highest BCUT2D eigenvalue weighted by Crippen LogP contribution is 2.28. The third-order valence-corrected chi connectivity index (χ3v) is 6.19. The van der Waals surface area contributed by atoms with Crippen LogP contribution in [0.25, 0.3) is 10.2 Å².